The van der Waals surface area contributed by atoms with Gasteiger partial charge in [-0.2, -0.15) is 0 Å². The molecule has 2 unspecified atom stereocenters. The van der Waals surface area contributed by atoms with E-state index in [4.69, 9.17) is 4.74 Å². The molecule has 0 amide bonds. The maximum atomic E-state index is 5.72. The molecule has 0 radical (unpaired) electrons. The van der Waals surface area contributed by atoms with E-state index in [9.17, 15) is 0 Å². The van der Waals surface area contributed by atoms with E-state index in [0.29, 0.717) is 12.1 Å². The number of aromatic nitrogens is 2. The number of nitrogens with zero attached hydrogens (tertiary/aromatic N) is 2. The Bertz CT molecular complexity index is 421. The topological polar surface area (TPSA) is 47.0 Å². The molecule has 1 aliphatic heterocycles. The monoisotopic (exact) mass is 311 g/mol. The predicted octanol–water partition coefficient (Wildman–Crippen LogP) is 3.84. The molecule has 1 fully saturated rings. The number of ether oxygens (including phenoxy) is 1. The lowest BCUT2D eigenvalue weighted by atomic mass is 9.89. The summed E-state index contributed by atoms with van der Waals surface area (Å²) in [4.78, 5) is 1.32. The summed E-state index contributed by atoms with van der Waals surface area (Å²) in [6, 6.07) is 0.380. The van der Waals surface area contributed by atoms with E-state index in [1.807, 2.05) is 0 Å². The molecule has 0 saturated carbocycles. The first kappa shape index (κ1) is 16.8. The van der Waals surface area contributed by atoms with Gasteiger partial charge in [0.1, 0.15) is 0 Å². The summed E-state index contributed by atoms with van der Waals surface area (Å²) in [7, 11) is 0. The van der Waals surface area contributed by atoms with Crippen LogP contribution in [0.4, 0.5) is 0 Å². The highest BCUT2D eigenvalue weighted by atomic mass is 32.1. The van der Waals surface area contributed by atoms with Crippen molar-refractivity contribution in [2.75, 3.05) is 13.2 Å². The highest BCUT2D eigenvalue weighted by Crippen LogP contribution is 2.33. The summed E-state index contributed by atoms with van der Waals surface area (Å²) < 4.78 is 9.93. The molecule has 5 heteroatoms. The minimum Gasteiger partial charge on any atom is -0.378 e. The van der Waals surface area contributed by atoms with Gasteiger partial charge < -0.3 is 10.1 Å². The van der Waals surface area contributed by atoms with E-state index in [-0.39, 0.29) is 5.41 Å². The van der Waals surface area contributed by atoms with E-state index in [1.54, 1.807) is 11.5 Å². The molecule has 4 nitrogen and oxygen atoms in total. The lowest BCUT2D eigenvalue weighted by Gasteiger charge is -2.22. The van der Waals surface area contributed by atoms with Crippen LogP contribution in [0, 0.1) is 0 Å². The molecule has 2 atom stereocenters. The molecule has 0 aromatic carbocycles. The third-order valence-corrected chi connectivity index (χ3v) is 4.87. The molecule has 21 heavy (non-hydrogen) atoms. The summed E-state index contributed by atoms with van der Waals surface area (Å²) >= 11 is 1.55. The van der Waals surface area contributed by atoms with Gasteiger partial charge >= 0.3 is 0 Å². The fourth-order valence-corrected chi connectivity index (χ4v) is 3.91. The van der Waals surface area contributed by atoms with Crippen LogP contribution >= 0.6 is 11.5 Å². The second kappa shape index (κ2) is 7.65. The molecule has 0 aliphatic carbocycles. The quantitative estimate of drug-likeness (QED) is 0.831. The Hall–Kier alpha value is -0.520. The summed E-state index contributed by atoms with van der Waals surface area (Å²) in [5, 5.41) is 7.99. The first-order valence-electron chi connectivity index (χ1n) is 8.20. The number of nitrogens with one attached hydrogen (secondary N) is 1. The summed E-state index contributed by atoms with van der Waals surface area (Å²) in [5.41, 5.74) is 1.21. The smallest absolute Gasteiger partial charge is 0.0857 e. The summed E-state index contributed by atoms with van der Waals surface area (Å²) in [6.07, 6.45) is 6.48. The molecule has 1 aliphatic rings. The van der Waals surface area contributed by atoms with Gasteiger partial charge in [-0.05, 0) is 50.2 Å². The van der Waals surface area contributed by atoms with Crippen LogP contribution in [-0.2, 0) is 10.2 Å². The molecule has 1 N–H and O–H groups in total. The first-order valence-corrected chi connectivity index (χ1v) is 8.97. The zero-order valence-electron chi connectivity index (χ0n) is 13.8. The van der Waals surface area contributed by atoms with Gasteiger partial charge in [-0.25, -0.2) is 0 Å². The highest BCUT2D eigenvalue weighted by molar-refractivity contribution is 7.05. The van der Waals surface area contributed by atoms with Gasteiger partial charge in [0.25, 0.3) is 0 Å². The SMILES string of the molecule is CCNC(CCCC1CCCO1)c1snnc1C(C)(C)C. The van der Waals surface area contributed by atoms with Crippen molar-refractivity contribution in [3.8, 4) is 0 Å². The van der Waals surface area contributed by atoms with Gasteiger partial charge in [-0.15, -0.1) is 5.10 Å². The van der Waals surface area contributed by atoms with E-state index in [2.05, 4.69) is 42.6 Å². The van der Waals surface area contributed by atoms with E-state index >= 15 is 0 Å². The van der Waals surface area contributed by atoms with Crippen molar-refractivity contribution in [2.45, 2.75) is 77.4 Å². The maximum Gasteiger partial charge on any atom is 0.0857 e. The Kier molecular flexibility index (Phi) is 6.14. The minimum absolute atomic E-state index is 0.0601. The van der Waals surface area contributed by atoms with E-state index in [1.165, 1.54) is 30.6 Å². The summed E-state index contributed by atoms with van der Waals surface area (Å²) in [6.45, 7) is 10.7. The van der Waals surface area contributed by atoms with Crippen LogP contribution in [0.15, 0.2) is 0 Å². The predicted molar refractivity (Wildman–Crippen MR) is 87.9 cm³/mol. The van der Waals surface area contributed by atoms with Crippen LogP contribution in [0.25, 0.3) is 0 Å². The molecule has 2 heterocycles. The zero-order valence-corrected chi connectivity index (χ0v) is 14.6. The van der Waals surface area contributed by atoms with Crippen molar-refractivity contribution in [2.24, 2.45) is 0 Å². The molecule has 1 saturated heterocycles. The fraction of sp³-hybridized carbons (Fsp3) is 0.875. The molecule has 2 rings (SSSR count). The lowest BCUT2D eigenvalue weighted by molar-refractivity contribution is 0.101. The van der Waals surface area contributed by atoms with Crippen molar-refractivity contribution < 1.29 is 4.74 Å². The molecule has 0 spiro atoms. The number of hydrogen-bond donors (Lipinski definition) is 1. The van der Waals surface area contributed by atoms with Crippen LogP contribution in [-0.4, -0.2) is 28.8 Å². The minimum atomic E-state index is 0.0601. The maximum absolute atomic E-state index is 5.72. The largest absolute Gasteiger partial charge is 0.378 e. The Balaban J connectivity index is 1.96. The highest BCUT2D eigenvalue weighted by Gasteiger charge is 2.27. The summed E-state index contributed by atoms with van der Waals surface area (Å²) in [5.74, 6) is 0. The average molecular weight is 311 g/mol. The van der Waals surface area contributed by atoms with E-state index in [0.717, 1.165) is 25.3 Å². The van der Waals surface area contributed by atoms with E-state index < -0.39 is 0 Å². The van der Waals surface area contributed by atoms with Crippen molar-refractivity contribution in [3.63, 3.8) is 0 Å². The van der Waals surface area contributed by atoms with Gasteiger partial charge in [-0.1, -0.05) is 32.2 Å². The van der Waals surface area contributed by atoms with Crippen LogP contribution < -0.4 is 5.32 Å². The van der Waals surface area contributed by atoms with Crippen molar-refractivity contribution in [1.82, 2.24) is 14.9 Å². The van der Waals surface area contributed by atoms with Crippen LogP contribution in [0.2, 0.25) is 0 Å². The van der Waals surface area contributed by atoms with Gasteiger partial charge in [0.15, 0.2) is 0 Å². The number of hydrogen-bond acceptors (Lipinski definition) is 5. The Morgan fingerprint density at radius 1 is 1.43 bits per heavy atom. The Morgan fingerprint density at radius 3 is 2.86 bits per heavy atom. The second-order valence-electron chi connectivity index (χ2n) is 6.91. The second-order valence-corrected chi connectivity index (χ2v) is 7.70. The van der Waals surface area contributed by atoms with Gasteiger partial charge in [0.2, 0.25) is 0 Å². The van der Waals surface area contributed by atoms with Gasteiger partial charge in [0.05, 0.1) is 16.7 Å². The molecule has 1 aromatic rings. The average Bonchev–Trinajstić information content (AvgIpc) is 3.08. The van der Waals surface area contributed by atoms with Crippen molar-refractivity contribution >= 4 is 11.5 Å². The van der Waals surface area contributed by atoms with Crippen LogP contribution in [0.1, 0.15) is 76.4 Å². The fourth-order valence-electron chi connectivity index (χ4n) is 2.94. The van der Waals surface area contributed by atoms with Crippen LogP contribution in [0.3, 0.4) is 0 Å². The Morgan fingerprint density at radius 2 is 2.24 bits per heavy atom. The van der Waals surface area contributed by atoms with Crippen molar-refractivity contribution in [1.29, 1.82) is 0 Å². The first-order chi connectivity index (χ1) is 10.0. The van der Waals surface area contributed by atoms with Gasteiger partial charge in [-0.3, -0.25) is 0 Å². The van der Waals surface area contributed by atoms with Crippen molar-refractivity contribution in [3.05, 3.63) is 10.6 Å². The number of rotatable bonds is 7. The normalized spacial score (nSPS) is 20.9. The molecular formula is C16H29N3OS. The van der Waals surface area contributed by atoms with Crippen LogP contribution in [0.5, 0.6) is 0 Å². The van der Waals surface area contributed by atoms with Gasteiger partial charge in [0, 0.05) is 18.1 Å². The molecule has 0 bridgehead atoms. The molecule has 1 aromatic heterocycles. The third kappa shape index (κ3) is 4.73. The standard InChI is InChI=1S/C16H29N3OS/c1-5-17-13(10-6-8-12-9-7-11-20-12)14-15(16(2,3)4)18-19-21-14/h12-13,17H,5-11H2,1-4H3. The third-order valence-electron chi connectivity index (χ3n) is 4.03. The zero-order chi connectivity index (χ0) is 15.3. The molecular weight excluding hydrogens is 282 g/mol. The Labute approximate surface area is 132 Å². The lowest BCUT2D eigenvalue weighted by Crippen LogP contribution is -2.24. The molecule has 120 valence electrons.